The van der Waals surface area contributed by atoms with Crippen molar-refractivity contribution in [2.45, 2.75) is 0 Å². The van der Waals surface area contributed by atoms with Gasteiger partial charge in [-0.1, -0.05) is 18.9 Å². The van der Waals surface area contributed by atoms with Crippen LogP contribution in [0.25, 0.3) is 0 Å². The Bertz CT molecular complexity index is 365. The van der Waals surface area contributed by atoms with Crippen LogP contribution in [0.1, 0.15) is 20.7 Å². The highest BCUT2D eigenvalue weighted by molar-refractivity contribution is 7.78. The molecular formula is C9H9NO3S. The third kappa shape index (κ3) is 2.05. The smallest absolute Gasteiger partial charge is 0.264 e. The van der Waals surface area contributed by atoms with Crippen LogP contribution in [0.3, 0.4) is 0 Å². The van der Waals surface area contributed by atoms with Gasteiger partial charge in [-0.3, -0.25) is 14.3 Å². The summed E-state index contributed by atoms with van der Waals surface area (Å²) in [6, 6.07) is 4.54. The van der Waals surface area contributed by atoms with Gasteiger partial charge >= 0.3 is 0 Å². The van der Waals surface area contributed by atoms with Crippen LogP contribution in [0.5, 0.6) is 5.75 Å². The minimum Gasteiger partial charge on any atom is -0.496 e. The fraction of sp³-hybridized carbons (Fsp3) is 0.111. The molecule has 0 heterocycles. The van der Waals surface area contributed by atoms with E-state index in [1.807, 2.05) is 0 Å². The Hall–Kier alpha value is -1.49. The van der Waals surface area contributed by atoms with E-state index in [0.29, 0.717) is 23.2 Å². The van der Waals surface area contributed by atoms with Gasteiger partial charge in [0, 0.05) is 5.56 Å². The fourth-order valence-corrected chi connectivity index (χ4v) is 1.15. The zero-order valence-corrected chi connectivity index (χ0v) is 8.38. The second-order valence-corrected chi connectivity index (χ2v) is 2.74. The molecule has 0 fully saturated rings. The first kappa shape index (κ1) is 10.6. The van der Waals surface area contributed by atoms with Crippen LogP contribution in [0.2, 0.25) is 0 Å². The number of carbonyl (C=O) groups excluding carboxylic acids is 2. The molecule has 0 bridgehead atoms. The van der Waals surface area contributed by atoms with Gasteiger partial charge < -0.3 is 4.74 Å². The molecule has 1 aromatic rings. The number of hydrogen-bond acceptors (Lipinski definition) is 4. The molecule has 1 rings (SSSR count). The summed E-state index contributed by atoms with van der Waals surface area (Å²) in [5, 5.41) is 0. The topological polar surface area (TPSA) is 55.4 Å². The maximum atomic E-state index is 11.2. The minimum atomic E-state index is -0.373. The molecule has 14 heavy (non-hydrogen) atoms. The molecule has 1 aromatic carbocycles. The van der Waals surface area contributed by atoms with E-state index in [9.17, 15) is 9.59 Å². The molecule has 0 aliphatic carbocycles. The molecule has 0 atom stereocenters. The molecular weight excluding hydrogens is 202 g/mol. The van der Waals surface area contributed by atoms with E-state index >= 15 is 0 Å². The van der Waals surface area contributed by atoms with Crippen molar-refractivity contribution in [2.24, 2.45) is 0 Å². The standard InChI is InChI=1S/C9H9NO3S/c1-13-8-4-6(5-11)2-3-7(8)9(12)10-14/h2-5,14H,1H3,(H,10,12). The van der Waals surface area contributed by atoms with E-state index in [1.165, 1.54) is 25.3 Å². The van der Waals surface area contributed by atoms with Crippen LogP contribution < -0.4 is 9.46 Å². The summed E-state index contributed by atoms with van der Waals surface area (Å²) in [7, 11) is 1.43. The van der Waals surface area contributed by atoms with Crippen LogP contribution in [-0.2, 0) is 0 Å². The Morgan fingerprint density at radius 3 is 2.79 bits per heavy atom. The highest BCUT2D eigenvalue weighted by Gasteiger charge is 2.10. The predicted molar refractivity (Wildman–Crippen MR) is 54.8 cm³/mol. The Kier molecular flexibility index (Phi) is 3.53. The van der Waals surface area contributed by atoms with Gasteiger partial charge in [-0.05, 0) is 12.1 Å². The van der Waals surface area contributed by atoms with Gasteiger partial charge in [0.25, 0.3) is 5.91 Å². The molecule has 4 nitrogen and oxygen atoms in total. The van der Waals surface area contributed by atoms with E-state index in [2.05, 4.69) is 17.5 Å². The van der Waals surface area contributed by atoms with Crippen LogP contribution in [0.15, 0.2) is 18.2 Å². The lowest BCUT2D eigenvalue weighted by molar-refractivity contribution is 0.0981. The number of nitrogens with one attached hydrogen (secondary N) is 1. The Balaban J connectivity index is 3.17. The molecule has 0 aromatic heterocycles. The number of benzene rings is 1. The second kappa shape index (κ2) is 4.66. The SMILES string of the molecule is COc1cc(C=O)ccc1C(=O)NS. The zero-order chi connectivity index (χ0) is 10.6. The summed E-state index contributed by atoms with van der Waals surface area (Å²) >= 11 is 3.64. The van der Waals surface area contributed by atoms with Crippen LogP contribution >= 0.6 is 12.8 Å². The normalized spacial score (nSPS) is 9.29. The van der Waals surface area contributed by atoms with Crippen molar-refractivity contribution in [3.63, 3.8) is 0 Å². The number of aldehydes is 1. The predicted octanol–water partition coefficient (Wildman–Crippen LogP) is 1.08. The number of ether oxygens (including phenoxy) is 1. The Labute approximate surface area is 86.8 Å². The number of carbonyl (C=O) groups is 2. The fourth-order valence-electron chi connectivity index (χ4n) is 1.03. The van der Waals surface area contributed by atoms with Gasteiger partial charge in [0.05, 0.1) is 12.7 Å². The number of hydrogen-bond donors (Lipinski definition) is 2. The molecule has 0 spiro atoms. The van der Waals surface area contributed by atoms with Crippen molar-refractivity contribution < 1.29 is 14.3 Å². The lowest BCUT2D eigenvalue weighted by Gasteiger charge is -2.06. The van der Waals surface area contributed by atoms with Gasteiger partial charge in [0.1, 0.15) is 12.0 Å². The van der Waals surface area contributed by atoms with E-state index in [0.717, 1.165) is 0 Å². The molecule has 74 valence electrons. The molecule has 1 N–H and O–H groups in total. The molecule has 0 radical (unpaired) electrons. The van der Waals surface area contributed by atoms with Crippen molar-refractivity contribution in [3.8, 4) is 5.75 Å². The first-order valence-electron chi connectivity index (χ1n) is 3.80. The summed E-state index contributed by atoms with van der Waals surface area (Å²) in [4.78, 5) is 21.7. The monoisotopic (exact) mass is 211 g/mol. The van der Waals surface area contributed by atoms with Gasteiger partial charge in [0.15, 0.2) is 0 Å². The van der Waals surface area contributed by atoms with Crippen LogP contribution in [-0.4, -0.2) is 19.3 Å². The van der Waals surface area contributed by atoms with E-state index in [-0.39, 0.29) is 5.91 Å². The number of rotatable bonds is 3. The molecule has 0 unspecified atom stereocenters. The number of amides is 1. The molecule has 0 saturated heterocycles. The highest BCUT2D eigenvalue weighted by atomic mass is 32.1. The number of thiol groups is 1. The van der Waals surface area contributed by atoms with Crippen molar-refractivity contribution in [1.29, 1.82) is 0 Å². The van der Waals surface area contributed by atoms with Crippen molar-refractivity contribution in [1.82, 2.24) is 4.72 Å². The summed E-state index contributed by atoms with van der Waals surface area (Å²) < 4.78 is 7.14. The van der Waals surface area contributed by atoms with Crippen molar-refractivity contribution >= 4 is 25.0 Å². The van der Waals surface area contributed by atoms with E-state index in [1.54, 1.807) is 0 Å². The molecule has 1 amide bonds. The molecule has 0 aliphatic rings. The lowest BCUT2D eigenvalue weighted by Crippen LogP contribution is -2.13. The largest absolute Gasteiger partial charge is 0.496 e. The highest BCUT2D eigenvalue weighted by Crippen LogP contribution is 2.19. The summed E-state index contributed by atoms with van der Waals surface area (Å²) in [5.74, 6) is -0.0243. The summed E-state index contributed by atoms with van der Waals surface area (Å²) in [6.45, 7) is 0. The van der Waals surface area contributed by atoms with Gasteiger partial charge in [-0.25, -0.2) is 0 Å². The first-order valence-corrected chi connectivity index (χ1v) is 4.25. The Morgan fingerprint density at radius 1 is 1.57 bits per heavy atom. The van der Waals surface area contributed by atoms with Crippen LogP contribution in [0.4, 0.5) is 0 Å². The zero-order valence-electron chi connectivity index (χ0n) is 7.48. The first-order chi connectivity index (χ1) is 6.72. The summed E-state index contributed by atoms with van der Waals surface area (Å²) in [6.07, 6.45) is 0.685. The van der Waals surface area contributed by atoms with Crippen molar-refractivity contribution in [3.05, 3.63) is 29.3 Å². The van der Waals surface area contributed by atoms with Crippen molar-refractivity contribution in [2.75, 3.05) is 7.11 Å². The third-order valence-electron chi connectivity index (χ3n) is 1.71. The Morgan fingerprint density at radius 2 is 2.29 bits per heavy atom. The van der Waals surface area contributed by atoms with Gasteiger partial charge in [0.2, 0.25) is 0 Å². The summed E-state index contributed by atoms with van der Waals surface area (Å²) in [5.41, 5.74) is 0.797. The van der Waals surface area contributed by atoms with E-state index < -0.39 is 0 Å². The average molecular weight is 211 g/mol. The quantitative estimate of drug-likeness (QED) is 0.581. The molecule has 0 aliphatic heterocycles. The minimum absolute atomic E-state index is 0.341. The second-order valence-electron chi connectivity index (χ2n) is 2.52. The van der Waals surface area contributed by atoms with Gasteiger partial charge in [-0.15, -0.1) is 0 Å². The maximum absolute atomic E-state index is 11.2. The maximum Gasteiger partial charge on any atom is 0.264 e. The van der Waals surface area contributed by atoms with E-state index in [4.69, 9.17) is 4.74 Å². The van der Waals surface area contributed by atoms with Gasteiger partial charge in [-0.2, -0.15) is 0 Å². The number of methoxy groups -OCH3 is 1. The third-order valence-corrected chi connectivity index (χ3v) is 1.91. The lowest BCUT2D eigenvalue weighted by atomic mass is 10.1. The molecule has 5 heteroatoms. The molecule has 0 saturated carbocycles. The average Bonchev–Trinajstić information content (AvgIpc) is 2.27. The van der Waals surface area contributed by atoms with Crippen LogP contribution in [0, 0.1) is 0 Å².